The van der Waals surface area contributed by atoms with Crippen LogP contribution in [-0.2, 0) is 11.2 Å². The van der Waals surface area contributed by atoms with Crippen LogP contribution in [0, 0.1) is 5.92 Å². The maximum absolute atomic E-state index is 12.8. The van der Waals surface area contributed by atoms with Gasteiger partial charge in [-0.15, -0.1) is 0 Å². The van der Waals surface area contributed by atoms with Gasteiger partial charge in [-0.1, -0.05) is 54.6 Å². The normalized spacial score (nSPS) is 14.1. The molecule has 1 aliphatic rings. The van der Waals surface area contributed by atoms with Crippen LogP contribution < -0.4 is 15.4 Å². The molecule has 7 heteroatoms. The number of likely N-dealkylation sites (tertiary alicyclic amines) is 1. The van der Waals surface area contributed by atoms with Crippen molar-refractivity contribution in [1.29, 1.82) is 0 Å². The molecule has 0 radical (unpaired) electrons. The number of methoxy groups -OCH3 is 1. The first-order chi connectivity index (χ1) is 18.0. The molecule has 4 rings (SSSR count). The number of benzene rings is 3. The Morgan fingerprint density at radius 3 is 2.27 bits per heavy atom. The third kappa shape index (κ3) is 7.27. The van der Waals surface area contributed by atoms with Crippen LogP contribution in [0.1, 0.15) is 39.1 Å². The number of anilines is 1. The molecular formula is C30H33N3O4. The van der Waals surface area contributed by atoms with Crippen molar-refractivity contribution in [1.82, 2.24) is 10.2 Å². The van der Waals surface area contributed by atoms with Gasteiger partial charge < -0.3 is 15.4 Å². The molecule has 0 aliphatic carbocycles. The van der Waals surface area contributed by atoms with Crippen molar-refractivity contribution in [2.75, 3.05) is 38.6 Å². The van der Waals surface area contributed by atoms with E-state index in [0.29, 0.717) is 37.3 Å². The molecule has 3 aromatic carbocycles. The minimum atomic E-state index is -0.232. The molecule has 7 nitrogen and oxygen atoms in total. The molecule has 0 unspecified atom stereocenters. The minimum absolute atomic E-state index is 0.0101. The molecule has 37 heavy (non-hydrogen) atoms. The molecule has 0 aromatic heterocycles. The Morgan fingerprint density at radius 2 is 1.57 bits per heavy atom. The van der Waals surface area contributed by atoms with E-state index in [1.54, 1.807) is 31.4 Å². The van der Waals surface area contributed by atoms with Crippen molar-refractivity contribution in [2.24, 2.45) is 5.92 Å². The van der Waals surface area contributed by atoms with Crippen LogP contribution >= 0.6 is 0 Å². The third-order valence-corrected chi connectivity index (χ3v) is 6.69. The zero-order valence-electron chi connectivity index (χ0n) is 21.1. The van der Waals surface area contributed by atoms with E-state index in [-0.39, 0.29) is 30.1 Å². The quantitative estimate of drug-likeness (QED) is 0.408. The molecule has 0 atom stereocenters. The number of carbonyl (C=O) groups excluding carboxylic acids is 3. The summed E-state index contributed by atoms with van der Waals surface area (Å²) in [6, 6.07) is 24.1. The molecule has 192 valence electrons. The van der Waals surface area contributed by atoms with Crippen molar-refractivity contribution in [3.63, 3.8) is 0 Å². The van der Waals surface area contributed by atoms with Gasteiger partial charge in [-0.3, -0.25) is 19.3 Å². The molecule has 0 spiro atoms. The van der Waals surface area contributed by atoms with Crippen LogP contribution in [0.25, 0.3) is 0 Å². The average molecular weight is 500 g/mol. The van der Waals surface area contributed by atoms with Crippen molar-refractivity contribution < 1.29 is 19.1 Å². The number of ether oxygens (including phenoxy) is 1. The second-order valence-electron chi connectivity index (χ2n) is 9.23. The first kappa shape index (κ1) is 26.1. The van der Waals surface area contributed by atoms with Crippen LogP contribution in [0.15, 0.2) is 78.9 Å². The second kappa shape index (κ2) is 12.8. The molecule has 1 aliphatic heterocycles. The van der Waals surface area contributed by atoms with Gasteiger partial charge in [0.25, 0.3) is 5.91 Å². The lowest BCUT2D eigenvalue weighted by Crippen LogP contribution is -2.41. The number of ketones is 1. The highest BCUT2D eigenvalue weighted by Crippen LogP contribution is 2.22. The molecule has 2 N–H and O–H groups in total. The van der Waals surface area contributed by atoms with E-state index >= 15 is 0 Å². The van der Waals surface area contributed by atoms with Gasteiger partial charge in [0.15, 0.2) is 5.78 Å². The monoisotopic (exact) mass is 499 g/mol. The Hall–Kier alpha value is -3.97. The van der Waals surface area contributed by atoms with Gasteiger partial charge in [-0.05, 0) is 62.2 Å². The van der Waals surface area contributed by atoms with Gasteiger partial charge in [0, 0.05) is 18.0 Å². The molecule has 1 heterocycles. The van der Waals surface area contributed by atoms with Crippen molar-refractivity contribution in [3.8, 4) is 5.75 Å². The van der Waals surface area contributed by atoms with Crippen LogP contribution in [0.3, 0.4) is 0 Å². The largest absolute Gasteiger partial charge is 0.497 e. The Bertz CT molecular complexity index is 1200. The fraction of sp³-hybridized carbons (Fsp3) is 0.300. The summed E-state index contributed by atoms with van der Waals surface area (Å²) in [7, 11) is 1.63. The van der Waals surface area contributed by atoms with E-state index in [0.717, 1.165) is 29.7 Å². The summed E-state index contributed by atoms with van der Waals surface area (Å²) in [5, 5.41) is 5.83. The number of piperidine rings is 1. The number of carbonyl (C=O) groups is 3. The van der Waals surface area contributed by atoms with Crippen LogP contribution in [0.4, 0.5) is 5.69 Å². The maximum Gasteiger partial charge on any atom is 0.253 e. The topological polar surface area (TPSA) is 87.7 Å². The van der Waals surface area contributed by atoms with E-state index in [9.17, 15) is 14.4 Å². The van der Waals surface area contributed by atoms with E-state index in [2.05, 4.69) is 15.5 Å². The summed E-state index contributed by atoms with van der Waals surface area (Å²) in [5.41, 5.74) is 2.76. The lowest BCUT2D eigenvalue weighted by atomic mass is 9.89. The van der Waals surface area contributed by atoms with Gasteiger partial charge in [0.2, 0.25) is 5.91 Å². The fourth-order valence-electron chi connectivity index (χ4n) is 4.58. The Kier molecular flexibility index (Phi) is 9.05. The van der Waals surface area contributed by atoms with E-state index in [4.69, 9.17) is 4.74 Å². The van der Waals surface area contributed by atoms with Crippen LogP contribution in [0.5, 0.6) is 5.75 Å². The van der Waals surface area contributed by atoms with Gasteiger partial charge in [-0.2, -0.15) is 0 Å². The smallest absolute Gasteiger partial charge is 0.253 e. The molecule has 3 aromatic rings. The Morgan fingerprint density at radius 1 is 0.892 bits per heavy atom. The Balaban J connectivity index is 1.25. The summed E-state index contributed by atoms with van der Waals surface area (Å²) < 4.78 is 5.17. The number of hydrogen-bond acceptors (Lipinski definition) is 5. The zero-order chi connectivity index (χ0) is 26.0. The summed E-state index contributed by atoms with van der Waals surface area (Å²) in [4.78, 5) is 40.4. The zero-order valence-corrected chi connectivity index (χ0v) is 21.1. The highest BCUT2D eigenvalue weighted by atomic mass is 16.5. The van der Waals surface area contributed by atoms with Gasteiger partial charge >= 0.3 is 0 Å². The number of nitrogens with zero attached hydrogens (tertiary/aromatic N) is 1. The van der Waals surface area contributed by atoms with Gasteiger partial charge in [0.1, 0.15) is 5.75 Å². The Labute approximate surface area is 217 Å². The summed E-state index contributed by atoms with van der Waals surface area (Å²) >= 11 is 0. The molecule has 1 fully saturated rings. The summed E-state index contributed by atoms with van der Waals surface area (Å²) in [5.74, 6) is 0.555. The van der Waals surface area contributed by atoms with Crippen molar-refractivity contribution in [3.05, 3.63) is 95.6 Å². The molecule has 0 saturated carbocycles. The SMILES string of the molecule is COc1ccc(CCNC(=O)c2ccccc2NC(=O)CN2CCC(C(=O)c3ccccc3)CC2)cc1. The molecule has 1 saturated heterocycles. The summed E-state index contributed by atoms with van der Waals surface area (Å²) in [6.45, 7) is 2.07. The standard InChI is InChI=1S/C30H33N3O4/c1-37-25-13-11-22(12-14-25)15-18-31-30(36)26-9-5-6-10-27(26)32-28(34)21-33-19-16-24(17-20-33)29(35)23-7-3-2-4-8-23/h2-14,24H,15-21H2,1H3,(H,31,36)(H,32,34). The van der Waals surface area contributed by atoms with Gasteiger partial charge in [-0.25, -0.2) is 0 Å². The molecule has 2 amide bonds. The number of rotatable bonds is 10. The first-order valence-corrected chi connectivity index (χ1v) is 12.6. The van der Waals surface area contributed by atoms with Gasteiger partial charge in [0.05, 0.1) is 24.9 Å². The highest BCUT2D eigenvalue weighted by Gasteiger charge is 2.26. The minimum Gasteiger partial charge on any atom is -0.497 e. The second-order valence-corrected chi connectivity index (χ2v) is 9.23. The van der Waals surface area contributed by atoms with E-state index in [1.165, 1.54) is 0 Å². The number of Topliss-reactive ketones (excluding diaryl/α,β-unsaturated/α-hetero) is 1. The number of hydrogen-bond donors (Lipinski definition) is 2. The number of amides is 2. The average Bonchev–Trinajstić information content (AvgIpc) is 2.94. The maximum atomic E-state index is 12.8. The highest BCUT2D eigenvalue weighted by molar-refractivity contribution is 6.04. The molecular weight excluding hydrogens is 466 g/mol. The predicted octanol–water partition coefficient (Wildman–Crippen LogP) is 4.20. The lowest BCUT2D eigenvalue weighted by molar-refractivity contribution is -0.117. The number of para-hydroxylation sites is 1. The van der Waals surface area contributed by atoms with E-state index in [1.807, 2.05) is 54.6 Å². The third-order valence-electron chi connectivity index (χ3n) is 6.69. The van der Waals surface area contributed by atoms with Crippen LogP contribution in [0.2, 0.25) is 0 Å². The predicted molar refractivity (Wildman–Crippen MR) is 144 cm³/mol. The summed E-state index contributed by atoms with van der Waals surface area (Å²) in [6.07, 6.45) is 2.15. The lowest BCUT2D eigenvalue weighted by Gasteiger charge is -2.30. The van der Waals surface area contributed by atoms with Crippen molar-refractivity contribution >= 4 is 23.3 Å². The molecule has 0 bridgehead atoms. The number of nitrogens with one attached hydrogen (secondary N) is 2. The van der Waals surface area contributed by atoms with Crippen LogP contribution in [-0.4, -0.2) is 55.8 Å². The fourth-order valence-corrected chi connectivity index (χ4v) is 4.58. The van der Waals surface area contributed by atoms with E-state index < -0.39 is 0 Å². The van der Waals surface area contributed by atoms with Crippen molar-refractivity contribution in [2.45, 2.75) is 19.3 Å². The first-order valence-electron chi connectivity index (χ1n) is 12.6.